The highest BCUT2D eigenvalue weighted by Gasteiger charge is 2.29. The van der Waals surface area contributed by atoms with Crippen molar-refractivity contribution in [2.45, 2.75) is 38.8 Å². The standard InChI is InChI=1S/C22H28ClN3O/c1-5-16(8-11-24-3)22(2,27)15-26-20-10-13-25(4)12-9-19(20)18-7-6-17(23)14-21(18)26/h5-8,11,14,27H,3,9-10,12-13,15H2,1-2,4H3/b11-8-,16-5+. The lowest BCUT2D eigenvalue weighted by Crippen LogP contribution is -2.33. The SMILES string of the molecule is C=N/C=C\C(=C/C)C(C)(O)Cn1c2c(c3ccc(Cl)cc31)CCN(C)CC2. The Morgan fingerprint density at radius 3 is 2.81 bits per heavy atom. The Morgan fingerprint density at radius 1 is 1.37 bits per heavy atom. The number of aliphatic hydroxyl groups is 1. The van der Waals surface area contributed by atoms with Gasteiger partial charge in [-0.3, -0.25) is 4.99 Å². The summed E-state index contributed by atoms with van der Waals surface area (Å²) >= 11 is 6.31. The summed E-state index contributed by atoms with van der Waals surface area (Å²) in [6, 6.07) is 6.09. The molecule has 0 saturated heterocycles. The molecule has 3 rings (SSSR count). The second-order valence-corrected chi connectivity index (χ2v) is 7.93. The van der Waals surface area contributed by atoms with Gasteiger partial charge in [-0.2, -0.15) is 0 Å². The maximum atomic E-state index is 11.3. The normalized spacial score (nSPS) is 18.5. The number of fused-ring (bicyclic) bond motifs is 3. The van der Waals surface area contributed by atoms with Gasteiger partial charge < -0.3 is 14.6 Å². The molecule has 1 atom stereocenters. The molecule has 27 heavy (non-hydrogen) atoms. The van der Waals surface area contributed by atoms with Crippen LogP contribution in [0.5, 0.6) is 0 Å². The zero-order valence-electron chi connectivity index (χ0n) is 16.4. The molecule has 1 aromatic heterocycles. The van der Waals surface area contributed by atoms with Crippen LogP contribution in [0.1, 0.15) is 25.1 Å². The number of nitrogens with zero attached hydrogens (tertiary/aromatic N) is 3. The van der Waals surface area contributed by atoms with Gasteiger partial charge in [0.25, 0.3) is 0 Å². The van der Waals surface area contributed by atoms with Gasteiger partial charge in [-0.1, -0.05) is 23.7 Å². The summed E-state index contributed by atoms with van der Waals surface area (Å²) in [5.74, 6) is 0. The number of halogens is 1. The van der Waals surface area contributed by atoms with E-state index in [4.69, 9.17) is 11.6 Å². The van der Waals surface area contributed by atoms with Gasteiger partial charge in [-0.05, 0) is 63.4 Å². The van der Waals surface area contributed by atoms with Gasteiger partial charge in [0.05, 0.1) is 12.1 Å². The number of allylic oxidation sites excluding steroid dienone is 1. The van der Waals surface area contributed by atoms with E-state index in [0.717, 1.165) is 42.0 Å². The minimum Gasteiger partial charge on any atom is -0.384 e. The third-order valence-corrected chi connectivity index (χ3v) is 5.72. The van der Waals surface area contributed by atoms with E-state index in [9.17, 15) is 5.11 Å². The smallest absolute Gasteiger partial charge is 0.104 e. The molecular formula is C22H28ClN3O. The molecule has 2 aromatic rings. The van der Waals surface area contributed by atoms with Crippen molar-refractivity contribution < 1.29 is 5.11 Å². The van der Waals surface area contributed by atoms with Crippen LogP contribution in [0.15, 0.2) is 47.1 Å². The molecule has 0 fully saturated rings. The number of benzene rings is 1. The monoisotopic (exact) mass is 385 g/mol. The van der Waals surface area contributed by atoms with Crippen LogP contribution in [0.2, 0.25) is 5.02 Å². The average Bonchev–Trinajstić information content (AvgIpc) is 2.76. The van der Waals surface area contributed by atoms with Gasteiger partial charge in [0.2, 0.25) is 0 Å². The third kappa shape index (κ3) is 4.03. The maximum absolute atomic E-state index is 11.3. The minimum atomic E-state index is -1.03. The predicted octanol–water partition coefficient (Wildman–Crippen LogP) is 4.24. The third-order valence-electron chi connectivity index (χ3n) is 5.48. The van der Waals surface area contributed by atoms with Gasteiger partial charge in [0.15, 0.2) is 0 Å². The van der Waals surface area contributed by atoms with Crippen molar-refractivity contribution in [1.29, 1.82) is 0 Å². The highest BCUT2D eigenvalue weighted by atomic mass is 35.5. The van der Waals surface area contributed by atoms with E-state index in [1.54, 1.807) is 6.20 Å². The lowest BCUT2D eigenvalue weighted by molar-refractivity contribution is 0.0832. The first-order chi connectivity index (χ1) is 12.9. The summed E-state index contributed by atoms with van der Waals surface area (Å²) in [5, 5.41) is 13.2. The zero-order valence-corrected chi connectivity index (χ0v) is 17.1. The van der Waals surface area contributed by atoms with Crippen LogP contribution in [-0.4, -0.2) is 47.0 Å². The Morgan fingerprint density at radius 2 is 2.11 bits per heavy atom. The van der Waals surface area contributed by atoms with Crippen molar-refractivity contribution in [3.8, 4) is 0 Å². The van der Waals surface area contributed by atoms with Crippen LogP contribution >= 0.6 is 11.6 Å². The Bertz CT molecular complexity index is 908. The summed E-state index contributed by atoms with van der Waals surface area (Å²) in [4.78, 5) is 6.14. The van der Waals surface area contributed by atoms with E-state index < -0.39 is 5.60 Å². The van der Waals surface area contributed by atoms with Gasteiger partial charge in [-0.15, -0.1) is 0 Å². The Hall–Kier alpha value is -1.88. The van der Waals surface area contributed by atoms with Gasteiger partial charge in [0, 0.05) is 41.8 Å². The highest BCUT2D eigenvalue weighted by Crippen LogP contribution is 2.33. The average molecular weight is 386 g/mol. The minimum absolute atomic E-state index is 0.462. The number of hydrogen-bond acceptors (Lipinski definition) is 3. The fourth-order valence-electron chi connectivity index (χ4n) is 4.02. The number of rotatable bonds is 5. The van der Waals surface area contributed by atoms with Crippen LogP contribution < -0.4 is 0 Å². The summed E-state index contributed by atoms with van der Waals surface area (Å²) in [6.07, 6.45) is 7.33. The van der Waals surface area contributed by atoms with Gasteiger partial charge in [-0.25, -0.2) is 0 Å². The summed E-state index contributed by atoms with van der Waals surface area (Å²) in [7, 11) is 2.16. The second kappa shape index (κ2) is 8.01. The Kier molecular flexibility index (Phi) is 5.89. The van der Waals surface area contributed by atoms with E-state index >= 15 is 0 Å². The predicted molar refractivity (Wildman–Crippen MR) is 115 cm³/mol. The molecule has 1 aliphatic rings. The quantitative estimate of drug-likeness (QED) is 0.617. The maximum Gasteiger partial charge on any atom is 0.104 e. The first-order valence-electron chi connectivity index (χ1n) is 9.37. The molecular weight excluding hydrogens is 358 g/mol. The molecule has 1 unspecified atom stereocenters. The number of aromatic nitrogens is 1. The van der Waals surface area contributed by atoms with Crippen molar-refractivity contribution in [3.05, 3.63) is 58.4 Å². The molecule has 1 aliphatic heterocycles. The molecule has 1 N–H and O–H groups in total. The zero-order chi connectivity index (χ0) is 19.6. The van der Waals surface area contributed by atoms with Crippen LogP contribution in [0.25, 0.3) is 10.9 Å². The first-order valence-corrected chi connectivity index (χ1v) is 9.74. The molecule has 144 valence electrons. The van der Waals surface area contributed by atoms with Crippen LogP contribution in [0.3, 0.4) is 0 Å². The number of hydrogen-bond donors (Lipinski definition) is 1. The lowest BCUT2D eigenvalue weighted by atomic mass is 9.95. The van der Waals surface area contributed by atoms with E-state index in [-0.39, 0.29) is 0 Å². The molecule has 0 amide bonds. The highest BCUT2D eigenvalue weighted by molar-refractivity contribution is 6.31. The van der Waals surface area contributed by atoms with Crippen LogP contribution in [-0.2, 0) is 19.4 Å². The summed E-state index contributed by atoms with van der Waals surface area (Å²) in [6.45, 7) is 9.77. The number of aliphatic imine (C=N–C) groups is 1. The molecule has 0 bridgehead atoms. The first kappa shape index (κ1) is 19.9. The largest absolute Gasteiger partial charge is 0.384 e. The molecule has 1 aromatic carbocycles. The molecule has 4 nitrogen and oxygen atoms in total. The fourth-order valence-corrected chi connectivity index (χ4v) is 4.19. The number of likely N-dealkylation sites (N-methyl/N-ethyl adjacent to an activating group) is 1. The van der Waals surface area contributed by atoms with E-state index in [0.29, 0.717) is 6.54 Å². The summed E-state index contributed by atoms with van der Waals surface area (Å²) in [5.41, 5.74) is 3.57. The Labute approximate surface area is 166 Å². The molecule has 0 spiro atoms. The van der Waals surface area contributed by atoms with Gasteiger partial charge in [0.1, 0.15) is 5.60 Å². The van der Waals surface area contributed by atoms with E-state index in [2.05, 4.69) is 34.3 Å². The lowest BCUT2D eigenvalue weighted by Gasteiger charge is -2.27. The van der Waals surface area contributed by atoms with E-state index in [1.807, 2.05) is 38.1 Å². The van der Waals surface area contributed by atoms with E-state index in [1.165, 1.54) is 16.6 Å². The fraction of sp³-hybridized carbons (Fsp3) is 0.409. The van der Waals surface area contributed by atoms with Crippen molar-refractivity contribution >= 4 is 29.2 Å². The van der Waals surface area contributed by atoms with Crippen molar-refractivity contribution in [3.63, 3.8) is 0 Å². The molecule has 2 heterocycles. The van der Waals surface area contributed by atoms with Gasteiger partial charge >= 0.3 is 0 Å². The van der Waals surface area contributed by atoms with Crippen LogP contribution in [0.4, 0.5) is 0 Å². The van der Waals surface area contributed by atoms with Crippen LogP contribution in [0, 0.1) is 0 Å². The molecule has 0 aliphatic carbocycles. The molecule has 0 saturated carbocycles. The van der Waals surface area contributed by atoms with Crippen molar-refractivity contribution in [2.75, 3.05) is 20.1 Å². The van der Waals surface area contributed by atoms with Crippen molar-refractivity contribution in [2.24, 2.45) is 4.99 Å². The molecule has 5 heteroatoms. The topological polar surface area (TPSA) is 40.8 Å². The Balaban J connectivity index is 2.12. The van der Waals surface area contributed by atoms with Crippen molar-refractivity contribution in [1.82, 2.24) is 9.47 Å². The molecule has 0 radical (unpaired) electrons. The second-order valence-electron chi connectivity index (χ2n) is 7.49. The summed E-state index contributed by atoms with van der Waals surface area (Å²) < 4.78 is 2.26.